The molecule has 0 spiro atoms. The van der Waals surface area contributed by atoms with Crippen LogP contribution in [-0.4, -0.2) is 10.7 Å². The molecule has 142 valence electrons. The van der Waals surface area contributed by atoms with Crippen molar-refractivity contribution in [3.63, 3.8) is 0 Å². The van der Waals surface area contributed by atoms with Crippen LogP contribution in [0.2, 0.25) is 5.02 Å². The van der Waals surface area contributed by atoms with Gasteiger partial charge in [0, 0.05) is 23.7 Å². The Labute approximate surface area is 160 Å². The fourth-order valence-corrected chi connectivity index (χ4v) is 4.34. The van der Waals surface area contributed by atoms with Gasteiger partial charge in [0.25, 0.3) is 0 Å². The Hall–Kier alpha value is -2.08. The maximum Gasteiger partial charge on any atom is 0.416 e. The third-order valence-electron chi connectivity index (χ3n) is 5.29. The number of pyridine rings is 1. The predicted molar refractivity (Wildman–Crippen MR) is 96.9 cm³/mol. The molecule has 0 amide bonds. The van der Waals surface area contributed by atoms with Crippen molar-refractivity contribution in [1.29, 1.82) is 0 Å². The predicted octanol–water partition coefficient (Wildman–Crippen LogP) is 5.99. The second kappa shape index (κ2) is 6.51. The second-order valence-electron chi connectivity index (χ2n) is 7.26. The first-order valence-corrected chi connectivity index (χ1v) is 9.16. The van der Waals surface area contributed by atoms with Crippen LogP contribution in [0.5, 0.6) is 0 Å². The zero-order valence-electron chi connectivity index (χ0n) is 14.8. The van der Waals surface area contributed by atoms with E-state index in [1.807, 2.05) is 13.0 Å². The van der Waals surface area contributed by atoms with Gasteiger partial charge in [-0.3, -0.25) is 4.98 Å². The quantitative estimate of drug-likeness (QED) is 0.626. The van der Waals surface area contributed by atoms with Crippen LogP contribution in [0.25, 0.3) is 0 Å². The monoisotopic (exact) mass is 394 g/mol. The van der Waals surface area contributed by atoms with Crippen LogP contribution in [0.4, 0.5) is 13.2 Å². The van der Waals surface area contributed by atoms with Crippen LogP contribution in [0.15, 0.2) is 35.6 Å². The van der Waals surface area contributed by atoms with Gasteiger partial charge < -0.3 is 4.84 Å². The third kappa shape index (κ3) is 3.31. The Bertz CT molecular complexity index is 926. The molecule has 1 aliphatic carbocycles. The largest absolute Gasteiger partial charge is 0.416 e. The van der Waals surface area contributed by atoms with Gasteiger partial charge in [0.1, 0.15) is 0 Å². The molecule has 7 heteroatoms. The van der Waals surface area contributed by atoms with Crippen LogP contribution in [0, 0.1) is 19.8 Å². The van der Waals surface area contributed by atoms with Gasteiger partial charge in [-0.05, 0) is 56.0 Å². The number of halogens is 4. The normalized spacial score (nSPS) is 24.5. The summed E-state index contributed by atoms with van der Waals surface area (Å²) in [6.07, 6.45) is -1.62. The minimum absolute atomic E-state index is 0.0149. The zero-order chi connectivity index (χ0) is 19.3. The molecule has 2 heterocycles. The van der Waals surface area contributed by atoms with E-state index in [1.165, 1.54) is 6.07 Å². The summed E-state index contributed by atoms with van der Waals surface area (Å²) >= 11 is 6.33. The molecule has 27 heavy (non-hydrogen) atoms. The number of nitrogens with zero attached hydrogens (tertiary/aromatic N) is 2. The number of alkyl halides is 3. The molecule has 1 unspecified atom stereocenters. The lowest BCUT2D eigenvalue weighted by Crippen LogP contribution is -2.16. The standard InChI is InChI=1S/C20H18ClF3N2O/c1-10-5-12(8-13(6-10)20(22,23)24)19-15-4-3-14(18(15)26-27-19)16-7-11(2)25-9-17(16)21/h5-9,14-15,19H,3-4H2,1-2H3/t14-,15+,19?/m1/s1. The van der Waals surface area contributed by atoms with E-state index < -0.39 is 17.8 Å². The number of oxime groups is 1. The van der Waals surface area contributed by atoms with E-state index in [0.717, 1.165) is 35.9 Å². The second-order valence-corrected chi connectivity index (χ2v) is 7.66. The maximum atomic E-state index is 13.2. The molecule has 1 aromatic carbocycles. The fraction of sp³-hybridized carbons (Fsp3) is 0.400. The van der Waals surface area contributed by atoms with Crippen molar-refractivity contribution in [2.45, 2.75) is 44.9 Å². The highest BCUT2D eigenvalue weighted by atomic mass is 35.5. The Morgan fingerprint density at radius 2 is 1.89 bits per heavy atom. The molecule has 1 fully saturated rings. The Morgan fingerprint density at radius 1 is 1.11 bits per heavy atom. The van der Waals surface area contributed by atoms with Crippen molar-refractivity contribution in [3.05, 3.63) is 63.4 Å². The minimum atomic E-state index is -4.39. The number of aromatic nitrogens is 1. The number of aryl methyl sites for hydroxylation is 2. The van der Waals surface area contributed by atoms with Crippen molar-refractivity contribution >= 4 is 17.3 Å². The lowest BCUT2D eigenvalue weighted by atomic mass is 9.89. The van der Waals surface area contributed by atoms with Gasteiger partial charge in [-0.15, -0.1) is 0 Å². The molecule has 1 aromatic heterocycles. The Kier molecular flexibility index (Phi) is 4.41. The smallest absolute Gasteiger partial charge is 0.387 e. The first-order chi connectivity index (χ1) is 12.7. The summed E-state index contributed by atoms with van der Waals surface area (Å²) in [4.78, 5) is 9.80. The maximum absolute atomic E-state index is 13.2. The molecule has 1 aliphatic heterocycles. The van der Waals surface area contributed by atoms with E-state index in [1.54, 1.807) is 19.2 Å². The van der Waals surface area contributed by atoms with E-state index in [9.17, 15) is 13.2 Å². The van der Waals surface area contributed by atoms with Gasteiger partial charge >= 0.3 is 6.18 Å². The first-order valence-electron chi connectivity index (χ1n) is 8.78. The van der Waals surface area contributed by atoms with E-state index in [4.69, 9.17) is 16.4 Å². The minimum Gasteiger partial charge on any atom is -0.387 e. The van der Waals surface area contributed by atoms with Crippen molar-refractivity contribution in [3.8, 4) is 0 Å². The fourth-order valence-electron chi connectivity index (χ4n) is 4.11. The summed E-state index contributed by atoms with van der Waals surface area (Å²) in [5.41, 5.74) is 3.10. The van der Waals surface area contributed by atoms with Crippen molar-refractivity contribution in [1.82, 2.24) is 4.98 Å². The average Bonchev–Trinajstić information content (AvgIpc) is 3.17. The summed E-state index contributed by atoms with van der Waals surface area (Å²) in [5, 5.41) is 4.84. The topological polar surface area (TPSA) is 34.5 Å². The molecule has 0 bridgehead atoms. The highest BCUT2D eigenvalue weighted by Crippen LogP contribution is 2.49. The highest BCUT2D eigenvalue weighted by molar-refractivity contribution is 6.31. The van der Waals surface area contributed by atoms with Gasteiger partial charge in [0.15, 0.2) is 6.10 Å². The lowest BCUT2D eigenvalue weighted by molar-refractivity contribution is -0.137. The number of fused-ring (bicyclic) bond motifs is 1. The van der Waals surface area contributed by atoms with Crippen molar-refractivity contribution in [2.75, 3.05) is 0 Å². The molecular formula is C20H18ClF3N2O. The molecule has 1 saturated carbocycles. The van der Waals surface area contributed by atoms with Crippen molar-refractivity contribution in [2.24, 2.45) is 11.1 Å². The summed E-state index contributed by atoms with van der Waals surface area (Å²) in [7, 11) is 0. The Morgan fingerprint density at radius 3 is 2.63 bits per heavy atom. The van der Waals surface area contributed by atoms with Crippen LogP contribution in [0.3, 0.4) is 0 Å². The van der Waals surface area contributed by atoms with Gasteiger partial charge in [-0.1, -0.05) is 28.4 Å². The Balaban J connectivity index is 1.65. The van der Waals surface area contributed by atoms with Crippen LogP contribution in [-0.2, 0) is 11.0 Å². The van der Waals surface area contributed by atoms with E-state index in [2.05, 4.69) is 10.1 Å². The van der Waals surface area contributed by atoms with Gasteiger partial charge in [0.2, 0.25) is 0 Å². The van der Waals surface area contributed by atoms with Gasteiger partial charge in [-0.2, -0.15) is 13.2 Å². The van der Waals surface area contributed by atoms with Crippen LogP contribution in [0.1, 0.15) is 52.8 Å². The summed E-state index contributed by atoms with van der Waals surface area (Å²) in [6.45, 7) is 3.56. The van der Waals surface area contributed by atoms with E-state index >= 15 is 0 Å². The molecule has 3 nitrogen and oxygen atoms in total. The van der Waals surface area contributed by atoms with Crippen LogP contribution >= 0.6 is 11.6 Å². The highest BCUT2D eigenvalue weighted by Gasteiger charge is 2.45. The molecule has 0 saturated heterocycles. The summed E-state index contributed by atoms with van der Waals surface area (Å²) in [5.74, 6) is -0.0245. The van der Waals surface area contributed by atoms with Crippen LogP contribution < -0.4 is 0 Å². The number of rotatable bonds is 2. The molecule has 2 aliphatic rings. The average molecular weight is 395 g/mol. The number of hydrogen-bond donors (Lipinski definition) is 0. The molecule has 2 aromatic rings. The summed E-state index contributed by atoms with van der Waals surface area (Å²) in [6, 6.07) is 6.01. The SMILES string of the molecule is Cc1cc(C2ON=C3[C@@H](c4cc(C)ncc4Cl)CC[C@@H]32)cc(C(F)(F)F)c1. The molecular weight excluding hydrogens is 377 g/mol. The number of benzene rings is 1. The first kappa shape index (κ1) is 18.3. The molecule has 0 N–H and O–H groups in total. The molecule has 0 radical (unpaired) electrons. The van der Waals surface area contributed by atoms with Crippen molar-refractivity contribution < 1.29 is 18.0 Å². The van der Waals surface area contributed by atoms with E-state index in [0.29, 0.717) is 16.1 Å². The third-order valence-corrected chi connectivity index (χ3v) is 5.61. The van der Waals surface area contributed by atoms with E-state index in [-0.39, 0.29) is 11.8 Å². The van der Waals surface area contributed by atoms with Gasteiger partial charge in [0.05, 0.1) is 16.3 Å². The molecule has 3 atom stereocenters. The lowest BCUT2D eigenvalue weighted by Gasteiger charge is -2.18. The molecule has 4 rings (SSSR count). The zero-order valence-corrected chi connectivity index (χ0v) is 15.6. The summed E-state index contributed by atoms with van der Waals surface area (Å²) < 4.78 is 39.5. The van der Waals surface area contributed by atoms with Gasteiger partial charge in [-0.25, -0.2) is 0 Å². The number of hydrogen-bond acceptors (Lipinski definition) is 3.